The average molecular weight is 391 g/mol. The Kier molecular flexibility index (Phi) is 6.47. The van der Waals surface area contributed by atoms with Gasteiger partial charge >= 0.3 is 5.97 Å². The van der Waals surface area contributed by atoms with Crippen LogP contribution < -0.4 is 10.1 Å². The number of carbonyl (C=O) groups excluding carboxylic acids is 2. The van der Waals surface area contributed by atoms with E-state index in [0.717, 1.165) is 0 Å². The number of phenolic OH excluding ortho intramolecular Hbond substituents is 1. The molecule has 0 aliphatic heterocycles. The lowest BCUT2D eigenvalue weighted by atomic mass is 10.1. The van der Waals surface area contributed by atoms with Crippen molar-refractivity contribution in [1.29, 1.82) is 0 Å². The minimum atomic E-state index is -1.21. The molecule has 1 amide bonds. The number of ether oxygens (including phenoxy) is 2. The summed E-state index contributed by atoms with van der Waals surface area (Å²) in [5, 5.41) is 12.7. The van der Waals surface area contributed by atoms with Crippen LogP contribution >= 0.6 is 0 Å². The van der Waals surface area contributed by atoms with Crippen LogP contribution in [0.4, 0.5) is 5.69 Å². The lowest BCUT2D eigenvalue weighted by molar-refractivity contribution is -0.125. The van der Waals surface area contributed by atoms with Gasteiger partial charge in [0.2, 0.25) is 6.10 Å². The van der Waals surface area contributed by atoms with Crippen molar-refractivity contribution < 1.29 is 24.2 Å². The number of hydrogen-bond acceptors (Lipinski definition) is 5. The molecule has 0 saturated carbocycles. The normalized spacial score (nSPS) is 11.3. The molecule has 0 aliphatic rings. The molecule has 0 unspecified atom stereocenters. The van der Waals surface area contributed by atoms with Gasteiger partial charge in [-0.3, -0.25) is 4.79 Å². The van der Waals surface area contributed by atoms with Crippen molar-refractivity contribution in [2.24, 2.45) is 0 Å². The molecule has 0 aromatic heterocycles. The van der Waals surface area contributed by atoms with Crippen molar-refractivity contribution in [2.45, 2.75) is 13.0 Å². The molecule has 0 aliphatic carbocycles. The Bertz CT molecular complexity index is 987. The molecule has 0 saturated heterocycles. The summed E-state index contributed by atoms with van der Waals surface area (Å²) >= 11 is 0. The molecule has 3 aromatic carbocycles. The molecule has 6 heteroatoms. The number of phenols is 1. The number of carbonyl (C=O) groups is 2. The maximum Gasteiger partial charge on any atom is 0.343 e. The summed E-state index contributed by atoms with van der Waals surface area (Å²) in [5.41, 5.74) is 0.956. The number of hydrogen-bond donors (Lipinski definition) is 2. The van der Waals surface area contributed by atoms with Gasteiger partial charge in [-0.15, -0.1) is 0 Å². The molecule has 2 N–H and O–H groups in total. The molecule has 0 spiro atoms. The Hall–Kier alpha value is -3.80. The first-order chi connectivity index (χ1) is 14.1. The van der Waals surface area contributed by atoms with Crippen molar-refractivity contribution >= 4 is 17.6 Å². The smallest absolute Gasteiger partial charge is 0.343 e. The van der Waals surface area contributed by atoms with Crippen molar-refractivity contribution in [3.05, 3.63) is 90.0 Å². The quantitative estimate of drug-likeness (QED) is 0.586. The van der Waals surface area contributed by atoms with E-state index in [4.69, 9.17) is 9.47 Å². The van der Waals surface area contributed by atoms with Gasteiger partial charge in [-0.2, -0.15) is 0 Å². The number of aromatic hydroxyl groups is 1. The molecule has 0 fully saturated rings. The van der Waals surface area contributed by atoms with Gasteiger partial charge in [0.15, 0.2) is 0 Å². The number of amides is 1. The van der Waals surface area contributed by atoms with Crippen molar-refractivity contribution in [2.75, 3.05) is 11.9 Å². The van der Waals surface area contributed by atoms with E-state index >= 15 is 0 Å². The predicted octanol–water partition coefficient (Wildman–Crippen LogP) is 4.33. The van der Waals surface area contributed by atoms with E-state index in [9.17, 15) is 14.7 Å². The Morgan fingerprint density at radius 3 is 2.31 bits per heavy atom. The molecule has 148 valence electrons. The fourth-order valence-corrected chi connectivity index (χ4v) is 2.77. The fraction of sp³-hybridized carbons (Fsp3) is 0.130. The lowest BCUT2D eigenvalue weighted by Gasteiger charge is -2.19. The van der Waals surface area contributed by atoms with Gasteiger partial charge in [-0.1, -0.05) is 54.6 Å². The molecule has 0 radical (unpaired) electrons. The molecule has 29 heavy (non-hydrogen) atoms. The standard InChI is InChI=1S/C23H21NO5/c1-2-28-20-15-9-7-13-18(20)24-22(26)21(16-10-4-3-5-11-16)29-23(27)17-12-6-8-14-19(17)25/h3-15,21,25H,2H2,1H3,(H,24,26)/t21-/m1/s1. The summed E-state index contributed by atoms with van der Waals surface area (Å²) in [5.74, 6) is -1.04. The molecular formula is C23H21NO5. The summed E-state index contributed by atoms with van der Waals surface area (Å²) in [4.78, 5) is 25.6. The monoisotopic (exact) mass is 391 g/mol. The molecule has 3 rings (SSSR count). The summed E-state index contributed by atoms with van der Waals surface area (Å²) in [6.45, 7) is 2.29. The zero-order chi connectivity index (χ0) is 20.6. The molecule has 3 aromatic rings. The van der Waals surface area contributed by atoms with Crippen LogP contribution in [-0.2, 0) is 9.53 Å². The van der Waals surface area contributed by atoms with Gasteiger partial charge in [-0.25, -0.2) is 4.79 Å². The molecular weight excluding hydrogens is 370 g/mol. The first-order valence-corrected chi connectivity index (χ1v) is 9.16. The van der Waals surface area contributed by atoms with E-state index in [1.54, 1.807) is 66.7 Å². The Labute approximate surface area is 168 Å². The third-order valence-electron chi connectivity index (χ3n) is 4.13. The van der Waals surface area contributed by atoms with E-state index in [1.165, 1.54) is 12.1 Å². The second kappa shape index (κ2) is 9.41. The van der Waals surface area contributed by atoms with Gasteiger partial charge in [-0.05, 0) is 31.2 Å². The first-order valence-electron chi connectivity index (χ1n) is 9.16. The van der Waals surface area contributed by atoms with Gasteiger partial charge in [0, 0.05) is 5.56 Å². The second-order valence-corrected chi connectivity index (χ2v) is 6.13. The van der Waals surface area contributed by atoms with E-state index in [2.05, 4.69) is 5.32 Å². The third-order valence-corrected chi connectivity index (χ3v) is 4.13. The van der Waals surface area contributed by atoms with Crippen LogP contribution in [0.25, 0.3) is 0 Å². The van der Waals surface area contributed by atoms with Crippen LogP contribution in [0.1, 0.15) is 28.9 Å². The number of benzene rings is 3. The van der Waals surface area contributed by atoms with Gasteiger partial charge in [0.1, 0.15) is 17.1 Å². The van der Waals surface area contributed by atoms with Gasteiger partial charge < -0.3 is 19.9 Å². The van der Waals surface area contributed by atoms with E-state index in [1.807, 2.05) is 6.92 Å². The minimum Gasteiger partial charge on any atom is -0.507 e. The Morgan fingerprint density at radius 1 is 0.931 bits per heavy atom. The SMILES string of the molecule is CCOc1ccccc1NC(=O)[C@H](OC(=O)c1ccccc1O)c1ccccc1. The highest BCUT2D eigenvalue weighted by molar-refractivity contribution is 5.99. The van der Waals surface area contributed by atoms with E-state index in [-0.39, 0.29) is 11.3 Å². The zero-order valence-corrected chi connectivity index (χ0v) is 15.9. The highest BCUT2D eigenvalue weighted by Gasteiger charge is 2.27. The summed E-state index contributed by atoms with van der Waals surface area (Å²) in [7, 11) is 0. The number of rotatable bonds is 7. The largest absolute Gasteiger partial charge is 0.507 e. The van der Waals surface area contributed by atoms with Gasteiger partial charge in [0.05, 0.1) is 12.3 Å². The van der Waals surface area contributed by atoms with Gasteiger partial charge in [0.25, 0.3) is 5.91 Å². The highest BCUT2D eigenvalue weighted by atomic mass is 16.5. The number of para-hydroxylation sites is 3. The summed E-state index contributed by atoms with van der Waals surface area (Å²) in [6, 6.07) is 21.7. The van der Waals surface area contributed by atoms with Crippen LogP contribution in [0.5, 0.6) is 11.5 Å². The molecule has 0 heterocycles. The first kappa shape index (κ1) is 19.9. The summed E-state index contributed by atoms with van der Waals surface area (Å²) in [6.07, 6.45) is -1.21. The second-order valence-electron chi connectivity index (χ2n) is 6.13. The highest BCUT2D eigenvalue weighted by Crippen LogP contribution is 2.28. The van der Waals surface area contributed by atoms with Crippen molar-refractivity contribution in [3.8, 4) is 11.5 Å². The zero-order valence-electron chi connectivity index (χ0n) is 15.9. The number of anilines is 1. The van der Waals surface area contributed by atoms with Crippen LogP contribution in [0.15, 0.2) is 78.9 Å². The van der Waals surface area contributed by atoms with Crippen LogP contribution in [0.2, 0.25) is 0 Å². The van der Waals surface area contributed by atoms with Crippen molar-refractivity contribution in [3.63, 3.8) is 0 Å². The van der Waals surface area contributed by atoms with E-state index < -0.39 is 18.0 Å². The Morgan fingerprint density at radius 2 is 1.59 bits per heavy atom. The van der Waals surface area contributed by atoms with E-state index in [0.29, 0.717) is 23.6 Å². The molecule has 0 bridgehead atoms. The maximum absolute atomic E-state index is 13.0. The maximum atomic E-state index is 13.0. The van der Waals surface area contributed by atoms with Crippen LogP contribution in [0, 0.1) is 0 Å². The third kappa shape index (κ3) is 4.93. The summed E-state index contributed by atoms with van der Waals surface area (Å²) < 4.78 is 11.0. The lowest BCUT2D eigenvalue weighted by Crippen LogP contribution is -2.26. The molecule has 1 atom stereocenters. The predicted molar refractivity (Wildman–Crippen MR) is 109 cm³/mol. The number of nitrogens with one attached hydrogen (secondary N) is 1. The Balaban J connectivity index is 1.87. The number of esters is 1. The molecule has 6 nitrogen and oxygen atoms in total. The van der Waals surface area contributed by atoms with Crippen molar-refractivity contribution in [1.82, 2.24) is 0 Å². The fourth-order valence-electron chi connectivity index (χ4n) is 2.77. The topological polar surface area (TPSA) is 84.9 Å². The minimum absolute atomic E-state index is 0.0176. The van der Waals surface area contributed by atoms with Crippen LogP contribution in [-0.4, -0.2) is 23.6 Å². The average Bonchev–Trinajstić information content (AvgIpc) is 2.74. The van der Waals surface area contributed by atoms with Crippen LogP contribution in [0.3, 0.4) is 0 Å².